The lowest BCUT2D eigenvalue weighted by Crippen LogP contribution is -2.54. The zero-order chi connectivity index (χ0) is 15.6. The summed E-state index contributed by atoms with van der Waals surface area (Å²) in [5.41, 5.74) is 6.60. The van der Waals surface area contributed by atoms with Crippen molar-refractivity contribution >= 4 is 11.8 Å². The first-order valence-electron chi connectivity index (χ1n) is 7.22. The van der Waals surface area contributed by atoms with Crippen LogP contribution in [0.2, 0.25) is 0 Å². The number of nitrogen functional groups attached to an aromatic ring is 1. The van der Waals surface area contributed by atoms with Gasteiger partial charge in [-0.2, -0.15) is 0 Å². The number of carbonyl (C=O) groups is 1. The normalized spacial score (nSPS) is 23.0. The molecule has 1 aromatic heterocycles. The minimum absolute atomic E-state index is 0.0994. The minimum Gasteiger partial charge on any atom is -0.444 e. The topological polar surface area (TPSA) is 80.5 Å². The molecule has 0 aliphatic carbocycles. The van der Waals surface area contributed by atoms with Crippen LogP contribution in [0.3, 0.4) is 0 Å². The molecule has 2 atom stereocenters. The molecule has 0 radical (unpaired) electrons. The number of ether oxygens (including phenoxy) is 1. The molecule has 1 saturated heterocycles. The number of nitrogens with one attached hydrogen (secondary N) is 1. The molecule has 21 heavy (non-hydrogen) atoms. The molecular formula is C15H24N4O2. The third kappa shape index (κ3) is 3.85. The molecule has 116 valence electrons. The van der Waals surface area contributed by atoms with Gasteiger partial charge in [-0.15, -0.1) is 0 Å². The van der Waals surface area contributed by atoms with Crippen molar-refractivity contribution in [3.8, 4) is 0 Å². The number of aromatic nitrogens is 1. The predicted molar refractivity (Wildman–Crippen MR) is 81.8 cm³/mol. The average molecular weight is 292 g/mol. The summed E-state index contributed by atoms with van der Waals surface area (Å²) in [5, 5.41) is 3.37. The van der Waals surface area contributed by atoms with Gasteiger partial charge in [0.2, 0.25) is 0 Å². The Hall–Kier alpha value is -1.82. The summed E-state index contributed by atoms with van der Waals surface area (Å²) in [6.45, 7) is 8.98. The number of pyridine rings is 1. The largest absolute Gasteiger partial charge is 0.444 e. The summed E-state index contributed by atoms with van der Waals surface area (Å²) in [5.74, 6) is 0. The molecule has 0 aromatic carbocycles. The first-order valence-corrected chi connectivity index (χ1v) is 7.22. The van der Waals surface area contributed by atoms with Crippen molar-refractivity contribution in [3.05, 3.63) is 24.0 Å². The van der Waals surface area contributed by atoms with Gasteiger partial charge in [0.15, 0.2) is 0 Å². The van der Waals surface area contributed by atoms with Crippen molar-refractivity contribution in [3.63, 3.8) is 0 Å². The van der Waals surface area contributed by atoms with Crippen molar-refractivity contribution in [2.24, 2.45) is 0 Å². The SMILES string of the molecule is CC1NCCN(C(=O)OC(C)(C)C)C1c1ccc(N)cn1. The molecule has 6 heteroatoms. The van der Waals surface area contributed by atoms with Crippen LogP contribution in [0, 0.1) is 0 Å². The summed E-state index contributed by atoms with van der Waals surface area (Å²) >= 11 is 0. The Morgan fingerprint density at radius 2 is 2.19 bits per heavy atom. The Morgan fingerprint density at radius 3 is 2.76 bits per heavy atom. The van der Waals surface area contributed by atoms with E-state index in [0.717, 1.165) is 12.2 Å². The molecule has 1 aromatic rings. The Balaban J connectivity index is 2.25. The summed E-state index contributed by atoms with van der Waals surface area (Å²) in [6.07, 6.45) is 1.31. The molecule has 0 spiro atoms. The molecule has 1 fully saturated rings. The Labute approximate surface area is 125 Å². The van der Waals surface area contributed by atoms with E-state index in [1.165, 1.54) is 0 Å². The van der Waals surface area contributed by atoms with Gasteiger partial charge in [0, 0.05) is 19.1 Å². The number of carbonyl (C=O) groups excluding carboxylic acids is 1. The van der Waals surface area contributed by atoms with E-state index in [0.29, 0.717) is 12.2 Å². The van der Waals surface area contributed by atoms with Gasteiger partial charge in [0.05, 0.1) is 23.6 Å². The first kappa shape index (κ1) is 15.6. The van der Waals surface area contributed by atoms with E-state index in [1.54, 1.807) is 17.2 Å². The van der Waals surface area contributed by atoms with Crippen LogP contribution in [-0.4, -0.2) is 40.7 Å². The van der Waals surface area contributed by atoms with E-state index in [-0.39, 0.29) is 18.2 Å². The van der Waals surface area contributed by atoms with Crippen molar-refractivity contribution < 1.29 is 9.53 Å². The highest BCUT2D eigenvalue weighted by Crippen LogP contribution is 2.27. The fourth-order valence-corrected chi connectivity index (χ4v) is 2.47. The number of nitrogens with two attached hydrogens (primary N) is 1. The number of anilines is 1. The van der Waals surface area contributed by atoms with Crippen molar-refractivity contribution in [2.75, 3.05) is 18.8 Å². The number of piperazine rings is 1. The van der Waals surface area contributed by atoms with E-state index in [1.807, 2.05) is 33.8 Å². The monoisotopic (exact) mass is 292 g/mol. The molecule has 1 aliphatic heterocycles. The Morgan fingerprint density at radius 1 is 1.48 bits per heavy atom. The first-order chi connectivity index (χ1) is 9.78. The zero-order valence-electron chi connectivity index (χ0n) is 13.1. The van der Waals surface area contributed by atoms with Crippen LogP contribution >= 0.6 is 0 Å². The molecule has 2 heterocycles. The van der Waals surface area contributed by atoms with Gasteiger partial charge < -0.3 is 15.8 Å². The molecular weight excluding hydrogens is 268 g/mol. The Bertz CT molecular complexity index is 495. The van der Waals surface area contributed by atoms with Gasteiger partial charge in [-0.1, -0.05) is 0 Å². The van der Waals surface area contributed by atoms with Crippen molar-refractivity contribution in [1.29, 1.82) is 0 Å². The van der Waals surface area contributed by atoms with Gasteiger partial charge in [-0.05, 0) is 39.8 Å². The second kappa shape index (κ2) is 5.89. The van der Waals surface area contributed by atoms with Gasteiger partial charge in [-0.25, -0.2) is 4.79 Å². The fourth-order valence-electron chi connectivity index (χ4n) is 2.47. The highest BCUT2D eigenvalue weighted by molar-refractivity contribution is 5.69. The second-order valence-corrected chi connectivity index (χ2v) is 6.38. The van der Waals surface area contributed by atoms with Crippen molar-refractivity contribution in [2.45, 2.75) is 45.4 Å². The lowest BCUT2D eigenvalue weighted by atomic mass is 10.0. The molecule has 1 aliphatic rings. The highest BCUT2D eigenvalue weighted by atomic mass is 16.6. The maximum absolute atomic E-state index is 12.4. The van der Waals surface area contributed by atoms with Crippen LogP contribution in [0.1, 0.15) is 39.4 Å². The molecule has 2 rings (SSSR count). The van der Waals surface area contributed by atoms with E-state index in [2.05, 4.69) is 10.3 Å². The van der Waals surface area contributed by atoms with E-state index in [4.69, 9.17) is 10.5 Å². The molecule has 1 amide bonds. The molecule has 0 saturated carbocycles. The molecule has 2 unspecified atom stereocenters. The van der Waals surface area contributed by atoms with Crippen LogP contribution in [0.5, 0.6) is 0 Å². The lowest BCUT2D eigenvalue weighted by Gasteiger charge is -2.40. The van der Waals surface area contributed by atoms with Crippen LogP contribution in [-0.2, 0) is 4.74 Å². The van der Waals surface area contributed by atoms with Gasteiger partial charge in [-0.3, -0.25) is 9.88 Å². The fraction of sp³-hybridized carbons (Fsp3) is 0.600. The summed E-state index contributed by atoms with van der Waals surface area (Å²) in [4.78, 5) is 18.5. The highest BCUT2D eigenvalue weighted by Gasteiger charge is 2.36. The third-order valence-electron chi connectivity index (χ3n) is 3.37. The zero-order valence-corrected chi connectivity index (χ0v) is 13.1. The lowest BCUT2D eigenvalue weighted by molar-refractivity contribution is 0.00576. The standard InChI is InChI=1S/C15H24N4O2/c1-10-13(12-6-5-11(16)9-18-12)19(8-7-17-10)14(20)21-15(2,3)4/h5-6,9-10,13,17H,7-8,16H2,1-4H3. The van der Waals surface area contributed by atoms with E-state index < -0.39 is 5.60 Å². The molecule has 6 nitrogen and oxygen atoms in total. The quantitative estimate of drug-likeness (QED) is 0.826. The number of rotatable bonds is 1. The van der Waals surface area contributed by atoms with E-state index in [9.17, 15) is 4.79 Å². The molecule has 0 bridgehead atoms. The van der Waals surface area contributed by atoms with Crippen LogP contribution < -0.4 is 11.1 Å². The number of nitrogens with zero attached hydrogens (tertiary/aromatic N) is 2. The van der Waals surface area contributed by atoms with Gasteiger partial charge >= 0.3 is 6.09 Å². The smallest absolute Gasteiger partial charge is 0.410 e. The maximum Gasteiger partial charge on any atom is 0.410 e. The van der Waals surface area contributed by atoms with Gasteiger partial charge in [0.1, 0.15) is 5.60 Å². The number of amides is 1. The van der Waals surface area contributed by atoms with Gasteiger partial charge in [0.25, 0.3) is 0 Å². The average Bonchev–Trinajstić information content (AvgIpc) is 2.38. The molecule has 3 N–H and O–H groups in total. The summed E-state index contributed by atoms with van der Waals surface area (Å²) in [7, 11) is 0. The summed E-state index contributed by atoms with van der Waals surface area (Å²) < 4.78 is 5.51. The maximum atomic E-state index is 12.4. The minimum atomic E-state index is -0.510. The van der Waals surface area contributed by atoms with Crippen LogP contribution in [0.4, 0.5) is 10.5 Å². The third-order valence-corrected chi connectivity index (χ3v) is 3.37. The van der Waals surface area contributed by atoms with Crippen molar-refractivity contribution in [1.82, 2.24) is 15.2 Å². The Kier molecular flexibility index (Phi) is 4.37. The second-order valence-electron chi connectivity index (χ2n) is 6.38. The number of hydrogen-bond donors (Lipinski definition) is 2. The van der Waals surface area contributed by atoms with Crippen LogP contribution in [0.25, 0.3) is 0 Å². The predicted octanol–water partition coefficient (Wildman–Crippen LogP) is 1.93. The van der Waals surface area contributed by atoms with Crippen LogP contribution in [0.15, 0.2) is 18.3 Å². The van der Waals surface area contributed by atoms with E-state index >= 15 is 0 Å². The number of hydrogen-bond acceptors (Lipinski definition) is 5. The summed E-state index contributed by atoms with van der Waals surface area (Å²) in [6, 6.07) is 3.61.